The van der Waals surface area contributed by atoms with Gasteiger partial charge in [-0.25, -0.2) is 10.2 Å². The van der Waals surface area contributed by atoms with Crippen molar-refractivity contribution in [3.8, 4) is 0 Å². The number of carbonyl (C=O) groups excluding carboxylic acids is 1. The van der Waals surface area contributed by atoms with Gasteiger partial charge in [-0.3, -0.25) is 10.4 Å². The van der Waals surface area contributed by atoms with E-state index < -0.39 is 0 Å². The van der Waals surface area contributed by atoms with Crippen LogP contribution in [0.5, 0.6) is 0 Å². The topological polar surface area (TPSA) is 69.3 Å². The lowest BCUT2D eigenvalue weighted by atomic mass is 9.71. The number of amides is 2. The number of hydrogen-bond acceptors (Lipinski definition) is 4. The van der Waals surface area contributed by atoms with Gasteiger partial charge >= 0.3 is 6.03 Å². The molecule has 3 heterocycles. The molecule has 146 valence electrons. The minimum atomic E-state index is 0.0244. The summed E-state index contributed by atoms with van der Waals surface area (Å²) in [5.74, 6) is 0.954. The fourth-order valence-electron chi connectivity index (χ4n) is 5.04. The Hall–Kier alpha value is -2.15. The van der Waals surface area contributed by atoms with Gasteiger partial charge in [0.1, 0.15) is 0 Å². The van der Waals surface area contributed by atoms with Gasteiger partial charge in [-0.2, -0.15) is 0 Å². The van der Waals surface area contributed by atoms with Crippen LogP contribution in [0.15, 0.2) is 48.8 Å². The highest BCUT2D eigenvalue weighted by molar-refractivity contribution is 6.30. The number of carbonyl (C=O) groups is 1. The van der Waals surface area contributed by atoms with Crippen molar-refractivity contribution >= 4 is 17.6 Å². The molecule has 3 aliphatic rings. The monoisotopic (exact) mass is 397 g/mol. The minimum absolute atomic E-state index is 0.0244. The molecule has 7 heteroatoms. The van der Waals surface area contributed by atoms with Gasteiger partial charge < -0.3 is 10.2 Å². The summed E-state index contributed by atoms with van der Waals surface area (Å²) >= 11 is 6.11. The van der Waals surface area contributed by atoms with Gasteiger partial charge in [0, 0.05) is 42.6 Å². The van der Waals surface area contributed by atoms with E-state index in [2.05, 4.69) is 33.3 Å². The Morgan fingerprint density at radius 2 is 1.96 bits per heavy atom. The van der Waals surface area contributed by atoms with Crippen molar-refractivity contribution in [1.29, 1.82) is 0 Å². The number of hydrazine groups is 1. The maximum Gasteiger partial charge on any atom is 0.317 e. The lowest BCUT2D eigenvalue weighted by Crippen LogP contribution is -2.60. The molecule has 2 saturated heterocycles. The van der Waals surface area contributed by atoms with Gasteiger partial charge in [0.05, 0.1) is 6.04 Å². The smallest absolute Gasteiger partial charge is 0.317 e. The number of urea groups is 1. The molecule has 1 aromatic carbocycles. The predicted molar refractivity (Wildman–Crippen MR) is 107 cm³/mol. The first-order valence-corrected chi connectivity index (χ1v) is 10.3. The molecule has 5 atom stereocenters. The lowest BCUT2D eigenvalue weighted by molar-refractivity contribution is 0.0962. The Kier molecular flexibility index (Phi) is 4.70. The molecule has 5 rings (SSSR count). The molecule has 1 saturated carbocycles. The van der Waals surface area contributed by atoms with Crippen molar-refractivity contribution in [3.05, 3.63) is 64.9 Å². The summed E-state index contributed by atoms with van der Waals surface area (Å²) in [6, 6.07) is 12.8. The van der Waals surface area contributed by atoms with E-state index in [1.165, 1.54) is 5.56 Å². The first-order chi connectivity index (χ1) is 13.7. The molecule has 0 radical (unpaired) electrons. The minimum Gasteiger partial charge on any atom is -0.335 e. The van der Waals surface area contributed by atoms with Gasteiger partial charge in [0.25, 0.3) is 0 Å². The largest absolute Gasteiger partial charge is 0.335 e. The van der Waals surface area contributed by atoms with Crippen molar-refractivity contribution in [2.45, 2.75) is 37.5 Å². The highest BCUT2D eigenvalue weighted by Gasteiger charge is 2.47. The van der Waals surface area contributed by atoms with E-state index in [1.54, 1.807) is 0 Å². The number of rotatable bonds is 3. The van der Waals surface area contributed by atoms with Crippen LogP contribution in [-0.2, 0) is 6.54 Å². The zero-order valence-corrected chi connectivity index (χ0v) is 16.3. The Balaban J connectivity index is 1.31. The van der Waals surface area contributed by atoms with E-state index in [1.807, 2.05) is 41.6 Å². The van der Waals surface area contributed by atoms with E-state index in [-0.39, 0.29) is 18.1 Å². The average Bonchev–Trinajstić information content (AvgIpc) is 3.10. The first-order valence-electron chi connectivity index (χ1n) is 9.88. The molecule has 28 heavy (non-hydrogen) atoms. The van der Waals surface area contributed by atoms with Gasteiger partial charge in [-0.05, 0) is 60.1 Å². The number of hydrogen-bond donors (Lipinski definition) is 3. The van der Waals surface area contributed by atoms with Crippen molar-refractivity contribution in [2.24, 2.45) is 11.8 Å². The number of halogens is 1. The average molecular weight is 398 g/mol. The van der Waals surface area contributed by atoms with Crippen LogP contribution in [0.25, 0.3) is 0 Å². The normalized spacial score (nSPS) is 31.8. The van der Waals surface area contributed by atoms with Crippen LogP contribution < -0.4 is 16.2 Å². The van der Waals surface area contributed by atoms with Crippen LogP contribution in [0.4, 0.5) is 4.79 Å². The summed E-state index contributed by atoms with van der Waals surface area (Å²) in [4.78, 5) is 18.7. The van der Waals surface area contributed by atoms with E-state index in [9.17, 15) is 4.79 Å². The molecular weight excluding hydrogens is 374 g/mol. The number of aromatic nitrogens is 1. The second-order valence-corrected chi connectivity index (χ2v) is 8.55. The molecule has 3 N–H and O–H groups in total. The molecule has 1 aliphatic carbocycles. The Bertz CT molecular complexity index is 863. The van der Waals surface area contributed by atoms with Gasteiger partial charge in [0.15, 0.2) is 0 Å². The molecular formula is C21H24ClN5O. The fourth-order valence-corrected chi connectivity index (χ4v) is 5.26. The van der Waals surface area contributed by atoms with Crippen LogP contribution in [0.1, 0.15) is 30.0 Å². The Morgan fingerprint density at radius 1 is 1.11 bits per heavy atom. The molecule has 0 spiro atoms. The zero-order valence-electron chi connectivity index (χ0n) is 15.5. The standard InChI is InChI=1S/C21H24ClN5O/c22-16-3-1-2-13(8-16)11-27-12-15-9-17-19(10-18(15)24-21(27)28)25-26-20(17)14-4-6-23-7-5-14/h1-8,15,17-20,25-26H,9-12H2,(H,24,28). The van der Waals surface area contributed by atoms with E-state index in [0.717, 1.165) is 24.9 Å². The maximum absolute atomic E-state index is 12.7. The number of benzene rings is 1. The van der Waals surface area contributed by atoms with Crippen molar-refractivity contribution in [2.75, 3.05) is 6.54 Å². The molecule has 1 aromatic heterocycles. The van der Waals surface area contributed by atoms with Crippen molar-refractivity contribution < 1.29 is 4.79 Å². The quantitative estimate of drug-likeness (QED) is 0.744. The fraction of sp³-hybridized carbons (Fsp3) is 0.429. The second-order valence-electron chi connectivity index (χ2n) is 8.12. The predicted octanol–water partition coefficient (Wildman–Crippen LogP) is 2.87. The number of pyridine rings is 1. The number of fused-ring (bicyclic) bond motifs is 2. The molecule has 2 aliphatic heterocycles. The van der Waals surface area contributed by atoms with Crippen LogP contribution in [0, 0.1) is 11.8 Å². The first kappa shape index (κ1) is 17.9. The maximum atomic E-state index is 12.7. The van der Waals surface area contributed by atoms with Crippen molar-refractivity contribution in [1.82, 2.24) is 26.1 Å². The third-order valence-electron chi connectivity index (χ3n) is 6.40. The number of nitrogens with one attached hydrogen (secondary N) is 3. The summed E-state index contributed by atoms with van der Waals surface area (Å²) in [7, 11) is 0. The van der Waals surface area contributed by atoms with Crippen molar-refractivity contribution in [3.63, 3.8) is 0 Å². The Labute approximate surface area is 169 Å². The highest BCUT2D eigenvalue weighted by Crippen LogP contribution is 2.41. The van der Waals surface area contributed by atoms with Gasteiger partial charge in [-0.15, -0.1) is 0 Å². The molecule has 3 fully saturated rings. The molecule has 0 bridgehead atoms. The molecule has 2 aromatic rings. The van der Waals surface area contributed by atoms with Crippen LogP contribution >= 0.6 is 11.6 Å². The van der Waals surface area contributed by atoms with Gasteiger partial charge in [0.2, 0.25) is 0 Å². The summed E-state index contributed by atoms with van der Waals surface area (Å²) in [6.45, 7) is 1.38. The lowest BCUT2D eigenvalue weighted by Gasteiger charge is -2.45. The summed E-state index contributed by atoms with van der Waals surface area (Å²) in [6.07, 6.45) is 5.74. The molecule has 5 unspecified atom stereocenters. The highest BCUT2D eigenvalue weighted by atomic mass is 35.5. The summed E-state index contributed by atoms with van der Waals surface area (Å²) < 4.78 is 0. The number of nitrogens with zero attached hydrogens (tertiary/aromatic N) is 2. The van der Waals surface area contributed by atoms with Crippen LogP contribution in [-0.4, -0.2) is 34.5 Å². The summed E-state index contributed by atoms with van der Waals surface area (Å²) in [5.41, 5.74) is 9.27. The van der Waals surface area contributed by atoms with Crippen LogP contribution in [0.3, 0.4) is 0 Å². The van der Waals surface area contributed by atoms with E-state index >= 15 is 0 Å². The molecule has 2 amide bonds. The molecule has 6 nitrogen and oxygen atoms in total. The third kappa shape index (κ3) is 3.36. The third-order valence-corrected chi connectivity index (χ3v) is 6.63. The second kappa shape index (κ2) is 7.35. The van der Waals surface area contributed by atoms with Crippen LogP contribution in [0.2, 0.25) is 5.02 Å². The Morgan fingerprint density at radius 3 is 2.79 bits per heavy atom. The van der Waals surface area contributed by atoms with Gasteiger partial charge in [-0.1, -0.05) is 23.7 Å². The summed E-state index contributed by atoms with van der Waals surface area (Å²) in [5, 5.41) is 3.95. The SMILES string of the molecule is O=C1NC2CC3NNC(c4ccncc4)C3CC2CN1Cc1cccc(Cl)c1. The zero-order chi connectivity index (χ0) is 19.1. The van der Waals surface area contributed by atoms with E-state index in [0.29, 0.717) is 29.4 Å². The van der Waals surface area contributed by atoms with E-state index in [4.69, 9.17) is 11.6 Å².